The molecule has 0 fully saturated rings. The molecule has 0 saturated carbocycles. The van der Waals surface area contributed by atoms with Gasteiger partial charge in [-0.15, -0.1) is 0 Å². The largest absolute Gasteiger partial charge is 0.391 e. The monoisotopic (exact) mass is 184 g/mol. The average molecular weight is 184 g/mol. The van der Waals surface area contributed by atoms with Gasteiger partial charge in [-0.1, -0.05) is 0 Å². The second-order valence-electron chi connectivity index (χ2n) is 3.37. The van der Waals surface area contributed by atoms with E-state index in [0.29, 0.717) is 12.2 Å². The van der Waals surface area contributed by atoms with Crippen molar-refractivity contribution >= 4 is 0 Å². The van der Waals surface area contributed by atoms with Crippen LogP contribution in [0, 0.1) is 0 Å². The zero-order valence-electron chi connectivity index (χ0n) is 7.04. The number of nitrogens with zero attached hydrogens (tertiary/aromatic N) is 2. The van der Waals surface area contributed by atoms with E-state index in [1.807, 2.05) is 0 Å². The van der Waals surface area contributed by atoms with Crippen LogP contribution < -0.4 is 0 Å². The minimum absolute atomic E-state index is 0.197. The highest BCUT2D eigenvalue weighted by atomic mass is 16.3. The minimum Gasteiger partial charge on any atom is -0.391 e. The summed E-state index contributed by atoms with van der Waals surface area (Å²) in [5.41, 5.74) is 0.559. The van der Waals surface area contributed by atoms with Gasteiger partial charge in [0.2, 0.25) is 0 Å². The molecule has 3 unspecified atom stereocenters. The van der Waals surface area contributed by atoms with Crippen molar-refractivity contribution in [2.75, 3.05) is 0 Å². The summed E-state index contributed by atoms with van der Waals surface area (Å²) in [4.78, 5) is 3.85. The smallest absolute Gasteiger partial charge is 0.121 e. The highest BCUT2D eigenvalue weighted by Gasteiger charge is 2.28. The number of hydrogen-bond donors (Lipinski definition) is 3. The van der Waals surface area contributed by atoms with E-state index < -0.39 is 18.3 Å². The molecule has 13 heavy (non-hydrogen) atoms. The summed E-state index contributed by atoms with van der Waals surface area (Å²) in [5, 5.41) is 28.5. The van der Waals surface area contributed by atoms with E-state index in [0.717, 1.165) is 0 Å². The number of hydrogen-bond acceptors (Lipinski definition) is 4. The summed E-state index contributed by atoms with van der Waals surface area (Å²) >= 11 is 0. The highest BCUT2D eigenvalue weighted by molar-refractivity contribution is 5.07. The molecule has 2 heterocycles. The molecule has 2 rings (SSSR count). The summed E-state index contributed by atoms with van der Waals surface area (Å²) in [6, 6.07) is 0. The number of aliphatic hydroxyl groups excluding tert-OH is 3. The molecule has 0 radical (unpaired) electrons. The first-order chi connectivity index (χ1) is 6.18. The zero-order valence-corrected chi connectivity index (χ0v) is 7.04. The van der Waals surface area contributed by atoms with Crippen molar-refractivity contribution < 1.29 is 15.3 Å². The summed E-state index contributed by atoms with van der Waals surface area (Å²) in [6.45, 7) is 0.378. The molecule has 0 amide bonds. The van der Waals surface area contributed by atoms with Crippen LogP contribution in [0.15, 0.2) is 12.5 Å². The molecule has 0 aromatic carbocycles. The van der Waals surface area contributed by atoms with Crippen LogP contribution in [-0.4, -0.2) is 37.1 Å². The third-order valence-corrected chi connectivity index (χ3v) is 2.33. The van der Waals surface area contributed by atoms with Crippen LogP contribution in [0.5, 0.6) is 0 Å². The van der Waals surface area contributed by atoms with Crippen LogP contribution in [0.25, 0.3) is 0 Å². The fourth-order valence-corrected chi connectivity index (χ4v) is 1.64. The lowest BCUT2D eigenvalue weighted by Gasteiger charge is -2.14. The van der Waals surface area contributed by atoms with Crippen molar-refractivity contribution in [1.29, 1.82) is 0 Å². The Labute approximate surface area is 75.3 Å². The van der Waals surface area contributed by atoms with Crippen LogP contribution >= 0.6 is 0 Å². The third-order valence-electron chi connectivity index (χ3n) is 2.33. The van der Waals surface area contributed by atoms with Gasteiger partial charge in [0.05, 0.1) is 30.4 Å². The molecule has 0 bridgehead atoms. The van der Waals surface area contributed by atoms with Crippen molar-refractivity contribution in [2.45, 2.75) is 31.3 Å². The fourth-order valence-electron chi connectivity index (χ4n) is 1.64. The summed E-state index contributed by atoms with van der Waals surface area (Å²) < 4.78 is 1.66. The maximum absolute atomic E-state index is 9.59. The van der Waals surface area contributed by atoms with Gasteiger partial charge in [0.1, 0.15) is 6.10 Å². The van der Waals surface area contributed by atoms with Gasteiger partial charge in [-0.05, 0) is 0 Å². The van der Waals surface area contributed by atoms with Gasteiger partial charge in [0, 0.05) is 13.0 Å². The molecule has 1 aliphatic rings. The van der Waals surface area contributed by atoms with Crippen molar-refractivity contribution in [3.8, 4) is 0 Å². The molecular formula is C8H12N2O3. The van der Waals surface area contributed by atoms with Crippen LogP contribution in [0.2, 0.25) is 0 Å². The van der Waals surface area contributed by atoms with E-state index in [1.54, 1.807) is 10.9 Å². The van der Waals surface area contributed by atoms with Crippen molar-refractivity contribution in [1.82, 2.24) is 9.55 Å². The second kappa shape index (κ2) is 3.10. The Kier molecular flexibility index (Phi) is 2.07. The Bertz CT molecular complexity index is 299. The molecular weight excluding hydrogens is 172 g/mol. The number of imidazole rings is 1. The quantitative estimate of drug-likeness (QED) is 0.485. The van der Waals surface area contributed by atoms with Crippen LogP contribution in [-0.2, 0) is 6.54 Å². The molecule has 1 aromatic heterocycles. The molecule has 1 aliphatic heterocycles. The summed E-state index contributed by atoms with van der Waals surface area (Å²) in [7, 11) is 0. The minimum atomic E-state index is -0.945. The normalized spacial score (nSPS) is 33.9. The lowest BCUT2D eigenvalue weighted by Crippen LogP contribution is -2.21. The topological polar surface area (TPSA) is 78.5 Å². The van der Waals surface area contributed by atoms with Crippen molar-refractivity contribution in [3.63, 3.8) is 0 Å². The number of fused-ring (bicyclic) bond motifs is 1. The Hall–Kier alpha value is -0.910. The molecule has 3 N–H and O–H groups in total. The lowest BCUT2D eigenvalue weighted by atomic mass is 10.1. The van der Waals surface area contributed by atoms with Gasteiger partial charge in [-0.25, -0.2) is 4.98 Å². The SMILES string of the molecule is OC1CC(O)C(O)c2cncn2C1. The third kappa shape index (κ3) is 1.46. The van der Waals surface area contributed by atoms with E-state index >= 15 is 0 Å². The Morgan fingerprint density at radius 3 is 2.92 bits per heavy atom. The standard InChI is InChI=1S/C8H12N2O3/c11-5-1-7(12)8(13)6-2-9-4-10(6)3-5/h2,4-5,7-8,11-13H,1,3H2. The molecule has 0 spiro atoms. The summed E-state index contributed by atoms with van der Waals surface area (Å²) in [5.74, 6) is 0. The van der Waals surface area contributed by atoms with Crippen molar-refractivity contribution in [3.05, 3.63) is 18.2 Å². The maximum Gasteiger partial charge on any atom is 0.121 e. The second-order valence-corrected chi connectivity index (χ2v) is 3.37. The predicted molar refractivity (Wildman–Crippen MR) is 43.8 cm³/mol. The number of aromatic nitrogens is 2. The average Bonchev–Trinajstić information content (AvgIpc) is 2.47. The van der Waals surface area contributed by atoms with Crippen LogP contribution in [0.3, 0.4) is 0 Å². The van der Waals surface area contributed by atoms with Gasteiger partial charge < -0.3 is 19.9 Å². The Balaban J connectivity index is 2.36. The predicted octanol–water partition coefficient (Wildman–Crippen LogP) is -0.958. The molecule has 1 aromatic rings. The van der Waals surface area contributed by atoms with E-state index in [4.69, 9.17) is 0 Å². The zero-order chi connectivity index (χ0) is 9.42. The van der Waals surface area contributed by atoms with E-state index in [2.05, 4.69) is 4.98 Å². The molecule has 5 nitrogen and oxygen atoms in total. The first-order valence-electron chi connectivity index (χ1n) is 4.22. The van der Waals surface area contributed by atoms with Gasteiger partial charge in [0.15, 0.2) is 0 Å². The molecule has 5 heteroatoms. The van der Waals surface area contributed by atoms with E-state index in [-0.39, 0.29) is 6.42 Å². The summed E-state index contributed by atoms with van der Waals surface area (Å²) in [6.07, 6.45) is 0.766. The Morgan fingerprint density at radius 1 is 1.38 bits per heavy atom. The van der Waals surface area contributed by atoms with Gasteiger partial charge in [-0.3, -0.25) is 0 Å². The molecule has 3 atom stereocenters. The Morgan fingerprint density at radius 2 is 2.15 bits per heavy atom. The van der Waals surface area contributed by atoms with E-state index in [1.165, 1.54) is 6.20 Å². The van der Waals surface area contributed by atoms with Gasteiger partial charge >= 0.3 is 0 Å². The number of rotatable bonds is 0. The molecule has 0 saturated heterocycles. The van der Waals surface area contributed by atoms with E-state index in [9.17, 15) is 15.3 Å². The van der Waals surface area contributed by atoms with Gasteiger partial charge in [-0.2, -0.15) is 0 Å². The fraction of sp³-hybridized carbons (Fsp3) is 0.625. The number of aliphatic hydroxyl groups is 3. The highest BCUT2D eigenvalue weighted by Crippen LogP contribution is 2.23. The van der Waals surface area contributed by atoms with Crippen molar-refractivity contribution in [2.24, 2.45) is 0 Å². The van der Waals surface area contributed by atoms with Gasteiger partial charge in [0.25, 0.3) is 0 Å². The first-order valence-corrected chi connectivity index (χ1v) is 4.22. The van der Waals surface area contributed by atoms with Crippen LogP contribution in [0.1, 0.15) is 18.2 Å². The van der Waals surface area contributed by atoms with Crippen LogP contribution in [0.4, 0.5) is 0 Å². The molecule has 72 valence electrons. The lowest BCUT2D eigenvalue weighted by molar-refractivity contribution is -0.00697. The molecule has 0 aliphatic carbocycles. The first kappa shape index (κ1) is 8.68. The maximum atomic E-state index is 9.59.